The fraction of sp³-hybridized carbons (Fsp3) is 0.286. The van der Waals surface area contributed by atoms with Crippen LogP contribution in [-0.4, -0.2) is 0 Å². The van der Waals surface area contributed by atoms with Gasteiger partial charge < -0.3 is 0 Å². The van der Waals surface area contributed by atoms with Crippen molar-refractivity contribution >= 4 is 10.8 Å². The normalized spacial score (nSPS) is 10.7. The van der Waals surface area contributed by atoms with Crippen LogP contribution in [-0.2, 0) is 6.42 Å². The Hall–Kier alpha value is -1.30. The quantitative estimate of drug-likeness (QED) is 0.659. The predicted molar refractivity (Wildman–Crippen MR) is 62.7 cm³/mol. The first-order valence-corrected chi connectivity index (χ1v) is 5.29. The molecule has 14 heavy (non-hydrogen) atoms. The first-order valence-electron chi connectivity index (χ1n) is 5.29. The summed E-state index contributed by atoms with van der Waals surface area (Å²) in [6.07, 6.45) is 2.40. The molecule has 2 aromatic rings. The molecule has 0 aliphatic carbocycles. The SMILES string of the molecule is CCCc1ccc2c(C)cccc2c1. The van der Waals surface area contributed by atoms with Crippen LogP contribution >= 0.6 is 0 Å². The number of rotatable bonds is 2. The van der Waals surface area contributed by atoms with Gasteiger partial charge in [-0.1, -0.05) is 49.7 Å². The summed E-state index contributed by atoms with van der Waals surface area (Å²) < 4.78 is 0. The van der Waals surface area contributed by atoms with E-state index in [9.17, 15) is 0 Å². The van der Waals surface area contributed by atoms with Crippen molar-refractivity contribution in [3.8, 4) is 0 Å². The summed E-state index contributed by atoms with van der Waals surface area (Å²) >= 11 is 0. The fourth-order valence-corrected chi connectivity index (χ4v) is 1.94. The van der Waals surface area contributed by atoms with Crippen molar-refractivity contribution in [2.75, 3.05) is 0 Å². The second-order valence-corrected chi connectivity index (χ2v) is 3.88. The van der Waals surface area contributed by atoms with Gasteiger partial charge in [0.15, 0.2) is 0 Å². The van der Waals surface area contributed by atoms with Crippen LogP contribution in [0.15, 0.2) is 36.4 Å². The molecule has 2 rings (SSSR count). The number of fused-ring (bicyclic) bond motifs is 1. The molecule has 0 saturated heterocycles. The van der Waals surface area contributed by atoms with Gasteiger partial charge in [0.2, 0.25) is 0 Å². The summed E-state index contributed by atoms with van der Waals surface area (Å²) in [5.41, 5.74) is 2.82. The second-order valence-electron chi connectivity index (χ2n) is 3.88. The summed E-state index contributed by atoms with van der Waals surface area (Å²) in [6.45, 7) is 4.39. The third-order valence-electron chi connectivity index (χ3n) is 2.70. The first-order chi connectivity index (χ1) is 6.81. The van der Waals surface area contributed by atoms with Crippen LogP contribution in [0.25, 0.3) is 10.8 Å². The van der Waals surface area contributed by atoms with E-state index in [0.29, 0.717) is 0 Å². The standard InChI is InChI=1S/C14H16/c1-3-5-12-8-9-14-11(2)6-4-7-13(14)10-12/h4,6-10H,3,5H2,1-2H3. The largest absolute Gasteiger partial charge is 0.0651 e. The van der Waals surface area contributed by atoms with E-state index in [1.807, 2.05) is 0 Å². The van der Waals surface area contributed by atoms with Crippen LogP contribution in [0.2, 0.25) is 0 Å². The van der Waals surface area contributed by atoms with Gasteiger partial charge in [-0.15, -0.1) is 0 Å². The van der Waals surface area contributed by atoms with E-state index >= 15 is 0 Å². The Morgan fingerprint density at radius 3 is 2.71 bits per heavy atom. The monoisotopic (exact) mass is 184 g/mol. The highest BCUT2D eigenvalue weighted by molar-refractivity contribution is 5.86. The highest BCUT2D eigenvalue weighted by atomic mass is 14.0. The van der Waals surface area contributed by atoms with Gasteiger partial charge >= 0.3 is 0 Å². The molecule has 0 radical (unpaired) electrons. The van der Waals surface area contributed by atoms with Crippen molar-refractivity contribution in [3.63, 3.8) is 0 Å². The minimum atomic E-state index is 1.18. The van der Waals surface area contributed by atoms with Gasteiger partial charge in [0.25, 0.3) is 0 Å². The molecular weight excluding hydrogens is 168 g/mol. The molecule has 72 valence electrons. The van der Waals surface area contributed by atoms with Crippen LogP contribution < -0.4 is 0 Å². The number of benzene rings is 2. The summed E-state index contributed by atoms with van der Waals surface area (Å²) in [4.78, 5) is 0. The van der Waals surface area contributed by atoms with Crippen LogP contribution in [0.5, 0.6) is 0 Å². The highest BCUT2D eigenvalue weighted by Crippen LogP contribution is 2.20. The van der Waals surface area contributed by atoms with E-state index in [2.05, 4.69) is 50.2 Å². The third-order valence-corrected chi connectivity index (χ3v) is 2.70. The molecule has 0 aliphatic rings. The lowest BCUT2D eigenvalue weighted by Gasteiger charge is -2.04. The van der Waals surface area contributed by atoms with Crippen LogP contribution in [0, 0.1) is 6.92 Å². The Kier molecular flexibility index (Phi) is 2.53. The molecule has 0 aliphatic heterocycles. The minimum Gasteiger partial charge on any atom is -0.0651 e. The molecule has 2 aromatic carbocycles. The lowest BCUT2D eigenvalue weighted by Crippen LogP contribution is -1.84. The maximum atomic E-state index is 2.31. The minimum absolute atomic E-state index is 1.18. The van der Waals surface area contributed by atoms with Crippen LogP contribution in [0.3, 0.4) is 0 Å². The fourth-order valence-electron chi connectivity index (χ4n) is 1.94. The van der Waals surface area contributed by atoms with Gasteiger partial charge in [-0.05, 0) is 35.2 Å². The lowest BCUT2D eigenvalue weighted by atomic mass is 10.0. The number of hydrogen-bond acceptors (Lipinski definition) is 0. The number of aryl methyl sites for hydroxylation is 2. The lowest BCUT2D eigenvalue weighted by molar-refractivity contribution is 0.923. The summed E-state index contributed by atoms with van der Waals surface area (Å²) in [6, 6.07) is 13.3. The average Bonchev–Trinajstić information content (AvgIpc) is 2.18. The maximum Gasteiger partial charge on any atom is -0.0155 e. The third kappa shape index (κ3) is 1.65. The van der Waals surface area contributed by atoms with Crippen molar-refractivity contribution in [1.29, 1.82) is 0 Å². The average molecular weight is 184 g/mol. The zero-order valence-electron chi connectivity index (χ0n) is 8.88. The Balaban J connectivity index is 2.56. The molecule has 0 heteroatoms. The highest BCUT2D eigenvalue weighted by Gasteiger charge is 1.97. The molecule has 0 nitrogen and oxygen atoms in total. The zero-order chi connectivity index (χ0) is 9.97. The Morgan fingerprint density at radius 2 is 1.93 bits per heavy atom. The Labute approximate surface area is 85.6 Å². The molecule has 0 unspecified atom stereocenters. The van der Waals surface area contributed by atoms with Crippen molar-refractivity contribution in [2.45, 2.75) is 26.7 Å². The Morgan fingerprint density at radius 1 is 1.07 bits per heavy atom. The second kappa shape index (κ2) is 3.83. The molecule has 0 amide bonds. The number of hydrogen-bond donors (Lipinski definition) is 0. The topological polar surface area (TPSA) is 0 Å². The molecule has 0 spiro atoms. The van der Waals surface area contributed by atoms with E-state index in [-0.39, 0.29) is 0 Å². The van der Waals surface area contributed by atoms with Crippen molar-refractivity contribution < 1.29 is 0 Å². The molecule has 0 saturated carbocycles. The van der Waals surface area contributed by atoms with Gasteiger partial charge in [-0.2, -0.15) is 0 Å². The molecule has 0 fully saturated rings. The van der Waals surface area contributed by atoms with Gasteiger partial charge in [-0.25, -0.2) is 0 Å². The van der Waals surface area contributed by atoms with Gasteiger partial charge in [0.05, 0.1) is 0 Å². The van der Waals surface area contributed by atoms with Gasteiger partial charge in [-0.3, -0.25) is 0 Å². The van der Waals surface area contributed by atoms with Crippen molar-refractivity contribution in [2.24, 2.45) is 0 Å². The Bertz CT molecular complexity index is 441. The van der Waals surface area contributed by atoms with E-state index in [0.717, 1.165) is 0 Å². The summed E-state index contributed by atoms with van der Waals surface area (Å²) in [7, 11) is 0. The molecule has 0 bridgehead atoms. The van der Waals surface area contributed by atoms with Gasteiger partial charge in [0, 0.05) is 0 Å². The predicted octanol–water partition coefficient (Wildman–Crippen LogP) is 4.10. The molecule has 0 aromatic heterocycles. The van der Waals surface area contributed by atoms with E-state index < -0.39 is 0 Å². The summed E-state index contributed by atoms with van der Waals surface area (Å²) in [5, 5.41) is 2.75. The maximum absolute atomic E-state index is 2.31. The van der Waals surface area contributed by atoms with E-state index in [1.54, 1.807) is 0 Å². The van der Waals surface area contributed by atoms with Crippen molar-refractivity contribution in [1.82, 2.24) is 0 Å². The molecule has 0 heterocycles. The van der Waals surface area contributed by atoms with Crippen molar-refractivity contribution in [3.05, 3.63) is 47.5 Å². The summed E-state index contributed by atoms with van der Waals surface area (Å²) in [5.74, 6) is 0. The molecule has 0 atom stereocenters. The van der Waals surface area contributed by atoms with E-state index in [1.165, 1.54) is 34.7 Å². The first kappa shape index (κ1) is 9.26. The molecular formula is C14H16. The van der Waals surface area contributed by atoms with E-state index in [4.69, 9.17) is 0 Å². The molecule has 0 N–H and O–H groups in total. The zero-order valence-corrected chi connectivity index (χ0v) is 8.88. The van der Waals surface area contributed by atoms with Gasteiger partial charge in [0.1, 0.15) is 0 Å². The van der Waals surface area contributed by atoms with Crippen LogP contribution in [0.4, 0.5) is 0 Å². The van der Waals surface area contributed by atoms with Crippen LogP contribution in [0.1, 0.15) is 24.5 Å². The smallest absolute Gasteiger partial charge is 0.0155 e.